The zero-order valence-corrected chi connectivity index (χ0v) is 11.5. The minimum absolute atomic E-state index is 0.162. The molecule has 0 amide bonds. The van der Waals surface area contributed by atoms with Gasteiger partial charge in [-0.2, -0.15) is 0 Å². The second kappa shape index (κ2) is 6.64. The lowest BCUT2D eigenvalue weighted by Crippen LogP contribution is -2.16. The van der Waals surface area contributed by atoms with Crippen molar-refractivity contribution in [2.75, 3.05) is 6.54 Å². The molecule has 0 aliphatic rings. The Bertz CT molecular complexity index is 490. The minimum atomic E-state index is -0.162. The number of rotatable bonds is 5. The lowest BCUT2D eigenvalue weighted by molar-refractivity contribution is 0.0428. The molecule has 1 atom stereocenters. The summed E-state index contributed by atoms with van der Waals surface area (Å²) in [5.41, 5.74) is 7.70. The summed E-state index contributed by atoms with van der Waals surface area (Å²) in [6, 6.07) is 13.8. The van der Waals surface area contributed by atoms with Crippen LogP contribution < -0.4 is 5.73 Å². The van der Waals surface area contributed by atoms with Crippen LogP contribution in [0.25, 0.3) is 0 Å². The molecule has 2 rings (SSSR count). The molecule has 1 aromatic carbocycles. The van der Waals surface area contributed by atoms with E-state index in [2.05, 4.69) is 20.9 Å². The zero-order chi connectivity index (χ0) is 12.8. The van der Waals surface area contributed by atoms with Gasteiger partial charge < -0.3 is 10.5 Å². The van der Waals surface area contributed by atoms with E-state index in [1.54, 1.807) is 6.20 Å². The predicted octanol–water partition coefficient (Wildman–Crippen LogP) is 3.06. The normalized spacial score (nSPS) is 12.3. The van der Waals surface area contributed by atoms with Crippen LogP contribution in [0.1, 0.15) is 17.4 Å². The van der Waals surface area contributed by atoms with Crippen molar-refractivity contribution in [3.63, 3.8) is 0 Å². The number of aromatic nitrogens is 1. The summed E-state index contributed by atoms with van der Waals surface area (Å²) in [5.74, 6) is 0. The van der Waals surface area contributed by atoms with Crippen LogP contribution in [0.15, 0.2) is 53.1 Å². The monoisotopic (exact) mass is 306 g/mol. The molecule has 4 heteroatoms. The third-order valence-corrected chi connectivity index (χ3v) is 3.07. The fraction of sp³-hybridized carbons (Fsp3) is 0.214. The second-order valence-electron chi connectivity index (χ2n) is 3.92. The third-order valence-electron chi connectivity index (χ3n) is 2.57. The van der Waals surface area contributed by atoms with Crippen LogP contribution in [0.2, 0.25) is 0 Å². The fourth-order valence-corrected chi connectivity index (χ4v) is 2.11. The molecule has 0 aliphatic heterocycles. The largest absolute Gasteiger partial charge is 0.366 e. The standard InChI is InChI=1S/C14H15BrN2O/c15-12-5-3-4-11(8-12)10-18-14(9-16)13-6-1-2-7-17-13/h1-8,14H,9-10,16H2. The van der Waals surface area contributed by atoms with Crippen molar-refractivity contribution in [3.05, 3.63) is 64.4 Å². The van der Waals surface area contributed by atoms with Gasteiger partial charge in [-0.1, -0.05) is 34.1 Å². The summed E-state index contributed by atoms with van der Waals surface area (Å²) in [6.45, 7) is 0.947. The third kappa shape index (κ3) is 3.63. The first-order chi connectivity index (χ1) is 8.79. The highest BCUT2D eigenvalue weighted by atomic mass is 79.9. The van der Waals surface area contributed by atoms with E-state index < -0.39 is 0 Å². The van der Waals surface area contributed by atoms with Gasteiger partial charge in [0.1, 0.15) is 6.10 Å². The van der Waals surface area contributed by atoms with Crippen LogP contribution in [-0.4, -0.2) is 11.5 Å². The SMILES string of the molecule is NCC(OCc1cccc(Br)c1)c1ccccn1. The molecular weight excluding hydrogens is 292 g/mol. The Labute approximate surface area is 115 Å². The Balaban J connectivity index is 2.00. The van der Waals surface area contributed by atoms with Crippen LogP contribution in [0.5, 0.6) is 0 Å². The number of benzene rings is 1. The van der Waals surface area contributed by atoms with Crippen LogP contribution in [0.4, 0.5) is 0 Å². The Kier molecular flexibility index (Phi) is 4.87. The van der Waals surface area contributed by atoms with Gasteiger partial charge in [0.05, 0.1) is 12.3 Å². The molecule has 2 N–H and O–H groups in total. The van der Waals surface area contributed by atoms with Gasteiger partial charge in [-0.05, 0) is 29.8 Å². The van der Waals surface area contributed by atoms with Crippen LogP contribution in [0, 0.1) is 0 Å². The van der Waals surface area contributed by atoms with E-state index in [4.69, 9.17) is 10.5 Å². The molecule has 0 bridgehead atoms. The molecular formula is C14H15BrN2O. The molecule has 94 valence electrons. The van der Waals surface area contributed by atoms with Gasteiger partial charge in [-0.3, -0.25) is 4.98 Å². The summed E-state index contributed by atoms with van der Waals surface area (Å²) in [5, 5.41) is 0. The van der Waals surface area contributed by atoms with Crippen LogP contribution >= 0.6 is 15.9 Å². The zero-order valence-electron chi connectivity index (χ0n) is 9.92. The molecule has 0 aliphatic carbocycles. The maximum atomic E-state index is 5.81. The van der Waals surface area contributed by atoms with Gasteiger partial charge in [0, 0.05) is 17.2 Å². The Morgan fingerprint density at radius 3 is 2.78 bits per heavy atom. The first-order valence-corrected chi connectivity index (χ1v) is 6.56. The average molecular weight is 307 g/mol. The first-order valence-electron chi connectivity index (χ1n) is 5.76. The van der Waals surface area contributed by atoms with Gasteiger partial charge in [0.2, 0.25) is 0 Å². The smallest absolute Gasteiger partial charge is 0.112 e. The predicted molar refractivity (Wildman–Crippen MR) is 75.0 cm³/mol. The molecule has 0 saturated carbocycles. The van der Waals surface area contributed by atoms with E-state index in [9.17, 15) is 0 Å². The lowest BCUT2D eigenvalue weighted by atomic mass is 10.2. The number of nitrogens with zero attached hydrogens (tertiary/aromatic N) is 1. The maximum absolute atomic E-state index is 5.81. The second-order valence-corrected chi connectivity index (χ2v) is 4.84. The summed E-state index contributed by atoms with van der Waals surface area (Å²) in [7, 11) is 0. The van der Waals surface area contributed by atoms with Gasteiger partial charge in [-0.25, -0.2) is 0 Å². The van der Waals surface area contributed by atoms with Crippen molar-refractivity contribution in [1.82, 2.24) is 4.98 Å². The van der Waals surface area contributed by atoms with E-state index in [-0.39, 0.29) is 6.10 Å². The summed E-state index contributed by atoms with van der Waals surface area (Å²) < 4.78 is 6.86. The number of pyridine rings is 1. The Morgan fingerprint density at radius 2 is 2.11 bits per heavy atom. The summed E-state index contributed by atoms with van der Waals surface area (Å²) in [6.07, 6.45) is 1.59. The first kappa shape index (κ1) is 13.2. The minimum Gasteiger partial charge on any atom is -0.366 e. The van der Waals surface area contributed by atoms with E-state index in [1.165, 1.54) is 0 Å². The molecule has 1 heterocycles. The molecule has 0 radical (unpaired) electrons. The topological polar surface area (TPSA) is 48.1 Å². The van der Waals surface area contributed by atoms with Crippen molar-refractivity contribution < 1.29 is 4.74 Å². The highest BCUT2D eigenvalue weighted by Gasteiger charge is 2.11. The molecule has 0 saturated heterocycles. The van der Waals surface area contributed by atoms with E-state index in [0.717, 1.165) is 15.7 Å². The average Bonchev–Trinajstić information content (AvgIpc) is 2.41. The van der Waals surface area contributed by atoms with E-state index >= 15 is 0 Å². The van der Waals surface area contributed by atoms with Gasteiger partial charge >= 0.3 is 0 Å². The van der Waals surface area contributed by atoms with Crippen molar-refractivity contribution in [2.45, 2.75) is 12.7 Å². The van der Waals surface area contributed by atoms with Gasteiger partial charge in [0.15, 0.2) is 0 Å². The van der Waals surface area contributed by atoms with E-state index in [0.29, 0.717) is 13.2 Å². The molecule has 2 aromatic rings. The lowest BCUT2D eigenvalue weighted by Gasteiger charge is -2.15. The summed E-state index contributed by atoms with van der Waals surface area (Å²) in [4.78, 5) is 4.27. The molecule has 0 spiro atoms. The van der Waals surface area contributed by atoms with Crippen LogP contribution in [0.3, 0.4) is 0 Å². The number of ether oxygens (including phenoxy) is 1. The van der Waals surface area contributed by atoms with Crippen molar-refractivity contribution in [2.24, 2.45) is 5.73 Å². The Hall–Kier alpha value is -1.23. The van der Waals surface area contributed by atoms with Crippen LogP contribution in [-0.2, 0) is 11.3 Å². The highest BCUT2D eigenvalue weighted by Crippen LogP contribution is 2.17. The molecule has 3 nitrogen and oxygen atoms in total. The van der Waals surface area contributed by atoms with Gasteiger partial charge in [-0.15, -0.1) is 0 Å². The number of halogens is 1. The molecule has 0 fully saturated rings. The fourth-order valence-electron chi connectivity index (χ4n) is 1.66. The number of hydrogen-bond acceptors (Lipinski definition) is 3. The van der Waals surface area contributed by atoms with Crippen molar-refractivity contribution in [3.8, 4) is 0 Å². The summed E-state index contributed by atoms with van der Waals surface area (Å²) >= 11 is 3.44. The molecule has 1 aromatic heterocycles. The Morgan fingerprint density at radius 1 is 1.22 bits per heavy atom. The quantitative estimate of drug-likeness (QED) is 0.923. The maximum Gasteiger partial charge on any atom is 0.112 e. The highest BCUT2D eigenvalue weighted by molar-refractivity contribution is 9.10. The number of hydrogen-bond donors (Lipinski definition) is 1. The molecule has 18 heavy (non-hydrogen) atoms. The molecule has 1 unspecified atom stereocenters. The number of nitrogens with two attached hydrogens (primary N) is 1. The van der Waals surface area contributed by atoms with Gasteiger partial charge in [0.25, 0.3) is 0 Å². The van der Waals surface area contributed by atoms with Crippen molar-refractivity contribution >= 4 is 15.9 Å². The van der Waals surface area contributed by atoms with Crippen molar-refractivity contribution in [1.29, 1.82) is 0 Å². The van der Waals surface area contributed by atoms with E-state index in [1.807, 2.05) is 42.5 Å².